The lowest BCUT2D eigenvalue weighted by molar-refractivity contribution is 0.189. The first-order chi connectivity index (χ1) is 12.4. The molecule has 0 spiro atoms. The number of nitrogens with two attached hydrogens (primary N) is 1. The van der Waals surface area contributed by atoms with Crippen molar-refractivity contribution in [2.75, 3.05) is 18.8 Å². The molecule has 4 N–H and O–H groups in total. The lowest BCUT2D eigenvalue weighted by Crippen LogP contribution is -2.29. The van der Waals surface area contributed by atoms with Crippen LogP contribution in [-0.4, -0.2) is 52.2 Å². The second kappa shape index (κ2) is 6.20. The molecule has 136 valence electrons. The summed E-state index contributed by atoms with van der Waals surface area (Å²) in [5.74, 6) is 0.282. The van der Waals surface area contributed by atoms with Crippen LogP contribution >= 0.6 is 11.6 Å². The van der Waals surface area contributed by atoms with Crippen molar-refractivity contribution in [1.29, 1.82) is 0 Å². The van der Waals surface area contributed by atoms with E-state index in [9.17, 15) is 13.5 Å². The molecule has 1 atom stereocenters. The summed E-state index contributed by atoms with van der Waals surface area (Å²) in [5.41, 5.74) is 8.17. The summed E-state index contributed by atoms with van der Waals surface area (Å²) in [6.07, 6.45) is -0.197. The first kappa shape index (κ1) is 17.2. The Hall–Kier alpha value is -2.20. The minimum Gasteiger partial charge on any atom is -0.392 e. The molecule has 0 saturated carbocycles. The van der Waals surface area contributed by atoms with Crippen molar-refractivity contribution in [3.63, 3.8) is 0 Å². The van der Waals surface area contributed by atoms with Gasteiger partial charge in [0.05, 0.1) is 27.2 Å². The Morgan fingerprint density at radius 1 is 1.31 bits per heavy atom. The molecule has 0 amide bonds. The van der Waals surface area contributed by atoms with Gasteiger partial charge in [-0.25, -0.2) is 13.4 Å². The quantitative estimate of drug-likeness (QED) is 0.620. The number of rotatable bonds is 3. The molecule has 1 aliphatic heterocycles. The number of β-amino-alcohol motifs (C(OH)–C–C–N with tert-alkyl or cyclic N) is 1. The van der Waals surface area contributed by atoms with E-state index in [1.807, 2.05) is 0 Å². The van der Waals surface area contributed by atoms with Crippen molar-refractivity contribution < 1.29 is 13.5 Å². The third-order valence-electron chi connectivity index (χ3n) is 4.42. The lowest BCUT2D eigenvalue weighted by atomic mass is 10.1. The number of nitrogens with one attached hydrogen (secondary N) is 1. The summed E-state index contributed by atoms with van der Waals surface area (Å²) >= 11 is 6.34. The number of aliphatic hydroxyl groups is 1. The molecule has 3 heterocycles. The van der Waals surface area contributed by atoms with Gasteiger partial charge in [-0.1, -0.05) is 11.6 Å². The Balaban J connectivity index is 1.72. The number of pyridine rings is 1. The van der Waals surface area contributed by atoms with Gasteiger partial charge in [-0.2, -0.15) is 9.40 Å². The van der Waals surface area contributed by atoms with E-state index in [-0.39, 0.29) is 22.3 Å². The lowest BCUT2D eigenvalue weighted by Gasteiger charge is -2.16. The van der Waals surface area contributed by atoms with Gasteiger partial charge in [-0.15, -0.1) is 0 Å². The third-order valence-corrected chi connectivity index (χ3v) is 6.59. The Bertz CT molecular complexity index is 1100. The average molecular weight is 394 g/mol. The summed E-state index contributed by atoms with van der Waals surface area (Å²) in [6, 6.07) is 8.05. The maximum atomic E-state index is 12.7. The number of aromatic amines is 1. The van der Waals surface area contributed by atoms with E-state index in [0.29, 0.717) is 35.3 Å². The number of anilines is 1. The number of sulfonamides is 1. The number of nitrogen functional groups attached to an aromatic ring is 1. The Morgan fingerprint density at radius 2 is 2.12 bits per heavy atom. The van der Waals surface area contributed by atoms with Crippen molar-refractivity contribution in [3.05, 3.63) is 35.4 Å². The molecule has 4 rings (SSSR count). The second-order valence-corrected chi connectivity index (χ2v) is 8.49. The van der Waals surface area contributed by atoms with E-state index in [0.717, 1.165) is 0 Å². The van der Waals surface area contributed by atoms with Crippen LogP contribution in [0.5, 0.6) is 0 Å². The first-order valence-corrected chi connectivity index (χ1v) is 9.77. The smallest absolute Gasteiger partial charge is 0.243 e. The highest BCUT2D eigenvalue weighted by molar-refractivity contribution is 7.89. The second-order valence-electron chi connectivity index (χ2n) is 6.15. The van der Waals surface area contributed by atoms with Gasteiger partial charge in [-0.05, 0) is 36.8 Å². The molecule has 8 nitrogen and oxygen atoms in total. The molecule has 0 aliphatic carbocycles. The monoisotopic (exact) mass is 393 g/mol. The first-order valence-electron chi connectivity index (χ1n) is 7.95. The van der Waals surface area contributed by atoms with Gasteiger partial charge in [0, 0.05) is 18.7 Å². The molecule has 0 unspecified atom stereocenters. The van der Waals surface area contributed by atoms with E-state index in [4.69, 9.17) is 17.3 Å². The highest BCUT2D eigenvalue weighted by Gasteiger charge is 2.32. The molecule has 1 fully saturated rings. The highest BCUT2D eigenvalue weighted by atomic mass is 35.5. The number of aromatic nitrogens is 3. The number of aliphatic hydroxyl groups excluding tert-OH is 1. The topological polar surface area (TPSA) is 125 Å². The molecule has 1 saturated heterocycles. The van der Waals surface area contributed by atoms with E-state index >= 15 is 0 Å². The van der Waals surface area contributed by atoms with Crippen LogP contribution in [0.15, 0.2) is 35.2 Å². The molecule has 26 heavy (non-hydrogen) atoms. The van der Waals surface area contributed by atoms with Gasteiger partial charge < -0.3 is 10.8 Å². The minimum absolute atomic E-state index is 0.0873. The zero-order valence-corrected chi connectivity index (χ0v) is 15.1. The standard InChI is InChI=1S/C16H16ClN5O3S/c17-12-7-10(26(24,25)22-6-5-9(23)8-22)1-2-11(12)13-3-4-14-15(19-13)16(18)21-20-14/h1-4,7,9,23H,5-6,8H2,(H3,18,20,21)/t9-/m0/s1. The van der Waals surface area contributed by atoms with Gasteiger partial charge in [-0.3, -0.25) is 5.10 Å². The van der Waals surface area contributed by atoms with E-state index in [1.54, 1.807) is 18.2 Å². The molecule has 1 aromatic carbocycles. The summed E-state index contributed by atoms with van der Waals surface area (Å²) in [4.78, 5) is 4.54. The van der Waals surface area contributed by atoms with Gasteiger partial charge in [0.25, 0.3) is 0 Å². The summed E-state index contributed by atoms with van der Waals surface area (Å²) in [5, 5.41) is 16.5. The van der Waals surface area contributed by atoms with Gasteiger partial charge in [0.15, 0.2) is 5.82 Å². The van der Waals surface area contributed by atoms with Crippen LogP contribution in [-0.2, 0) is 10.0 Å². The van der Waals surface area contributed by atoms with Crippen LogP contribution in [0.2, 0.25) is 5.02 Å². The number of H-pyrrole nitrogens is 1. The molecule has 1 aliphatic rings. The molecule has 0 bridgehead atoms. The predicted molar refractivity (Wildman–Crippen MR) is 98.1 cm³/mol. The van der Waals surface area contributed by atoms with Gasteiger partial charge in [0.2, 0.25) is 10.0 Å². The highest BCUT2D eigenvalue weighted by Crippen LogP contribution is 2.32. The fourth-order valence-electron chi connectivity index (χ4n) is 3.01. The average Bonchev–Trinajstić information content (AvgIpc) is 3.21. The van der Waals surface area contributed by atoms with Crippen LogP contribution in [0.1, 0.15) is 6.42 Å². The fraction of sp³-hybridized carbons (Fsp3) is 0.250. The minimum atomic E-state index is -3.69. The van der Waals surface area contributed by atoms with Crippen molar-refractivity contribution in [2.45, 2.75) is 17.4 Å². The number of benzene rings is 1. The number of halogens is 1. The molecule has 2 aromatic heterocycles. The van der Waals surface area contributed by atoms with Crippen molar-refractivity contribution >= 4 is 38.5 Å². The third kappa shape index (κ3) is 2.82. The van der Waals surface area contributed by atoms with Crippen molar-refractivity contribution in [1.82, 2.24) is 19.5 Å². The molecular weight excluding hydrogens is 378 g/mol. The number of hydrogen-bond acceptors (Lipinski definition) is 6. The molecule has 3 aromatic rings. The maximum Gasteiger partial charge on any atom is 0.243 e. The summed E-state index contributed by atoms with van der Waals surface area (Å²) in [6.45, 7) is 0.389. The van der Waals surface area contributed by atoms with Crippen LogP contribution in [0.4, 0.5) is 5.82 Å². The van der Waals surface area contributed by atoms with Crippen LogP contribution in [0.25, 0.3) is 22.3 Å². The molecule has 0 radical (unpaired) electrons. The zero-order chi connectivity index (χ0) is 18.5. The molecule has 10 heteroatoms. The summed E-state index contributed by atoms with van der Waals surface area (Å²) in [7, 11) is -3.69. The predicted octanol–water partition coefficient (Wildman–Crippen LogP) is 1.62. The van der Waals surface area contributed by atoms with Crippen LogP contribution in [0, 0.1) is 0 Å². The number of hydrogen-bond donors (Lipinski definition) is 3. The number of nitrogens with zero attached hydrogens (tertiary/aromatic N) is 3. The van der Waals surface area contributed by atoms with Gasteiger partial charge >= 0.3 is 0 Å². The Morgan fingerprint density at radius 3 is 2.81 bits per heavy atom. The van der Waals surface area contributed by atoms with E-state index in [1.165, 1.54) is 16.4 Å². The Labute approximate surface area is 154 Å². The van der Waals surface area contributed by atoms with E-state index in [2.05, 4.69) is 15.2 Å². The fourth-order valence-corrected chi connectivity index (χ4v) is 4.87. The zero-order valence-electron chi connectivity index (χ0n) is 13.6. The SMILES string of the molecule is Nc1n[nH]c2ccc(-c3ccc(S(=O)(=O)N4CC[C@H](O)C4)cc3Cl)nc12. The number of fused-ring (bicyclic) bond motifs is 1. The van der Waals surface area contributed by atoms with E-state index < -0.39 is 16.1 Å². The maximum absolute atomic E-state index is 12.7. The van der Waals surface area contributed by atoms with Crippen molar-refractivity contribution in [3.8, 4) is 11.3 Å². The van der Waals surface area contributed by atoms with Crippen molar-refractivity contribution in [2.24, 2.45) is 0 Å². The molecular formula is C16H16ClN5O3S. The van der Waals surface area contributed by atoms with Crippen LogP contribution < -0.4 is 5.73 Å². The summed E-state index contributed by atoms with van der Waals surface area (Å²) < 4.78 is 26.6. The Kier molecular flexibility index (Phi) is 4.11. The normalized spacial score (nSPS) is 18.6. The van der Waals surface area contributed by atoms with Gasteiger partial charge in [0.1, 0.15) is 5.52 Å². The van der Waals surface area contributed by atoms with Crippen LogP contribution in [0.3, 0.4) is 0 Å². The largest absolute Gasteiger partial charge is 0.392 e.